The lowest BCUT2D eigenvalue weighted by Crippen LogP contribution is -2.20. The highest BCUT2D eigenvalue weighted by Gasteiger charge is 2.30. The molecule has 0 unspecified atom stereocenters. The zero-order valence-corrected chi connectivity index (χ0v) is 18.1. The van der Waals surface area contributed by atoms with Gasteiger partial charge in [0.05, 0.1) is 5.69 Å². The van der Waals surface area contributed by atoms with E-state index in [4.69, 9.17) is 23.4 Å². The van der Waals surface area contributed by atoms with Crippen molar-refractivity contribution in [2.75, 3.05) is 0 Å². The number of furan rings is 1. The molecule has 2 aromatic carbocycles. The van der Waals surface area contributed by atoms with Gasteiger partial charge < -0.3 is 8.83 Å². The van der Waals surface area contributed by atoms with Crippen molar-refractivity contribution in [2.24, 2.45) is 5.41 Å². The molecule has 6 rings (SSSR count). The van der Waals surface area contributed by atoms with E-state index in [1.54, 1.807) is 6.07 Å². The van der Waals surface area contributed by atoms with E-state index in [0.29, 0.717) is 52.3 Å². The number of pyridine rings is 1. The Kier molecular flexibility index (Phi) is 2.91. The largest absolute Gasteiger partial charge is 0.453 e. The molecule has 0 spiro atoms. The maximum Gasteiger partial charge on any atom is 0.198 e. The van der Waals surface area contributed by atoms with Crippen LogP contribution in [0.15, 0.2) is 51.4 Å². The maximum atomic E-state index is 9.08. The summed E-state index contributed by atoms with van der Waals surface area (Å²) in [7, 11) is 0. The predicted molar refractivity (Wildman–Crippen MR) is 129 cm³/mol. The van der Waals surface area contributed by atoms with E-state index in [1.165, 1.54) is 6.07 Å². The number of oxazole rings is 1. The summed E-state index contributed by atoms with van der Waals surface area (Å²) in [5.74, 6) is -0.497. The maximum absolute atomic E-state index is 9.08. The number of aryl methyl sites for hydroxylation is 2. The van der Waals surface area contributed by atoms with Crippen LogP contribution in [-0.4, -0.2) is 9.97 Å². The first-order valence-electron chi connectivity index (χ1n) is 14.4. The number of hydrogen-bond donors (Lipinski definition) is 0. The van der Waals surface area contributed by atoms with Crippen LogP contribution in [0.5, 0.6) is 0 Å². The molecular weight excluding hydrogens is 396 g/mol. The van der Waals surface area contributed by atoms with Gasteiger partial charge in [-0.15, -0.1) is 0 Å². The monoisotopic (exact) mass is 431 g/mol. The number of nitrogens with zero attached hydrogens (tertiary/aromatic N) is 2. The van der Waals surface area contributed by atoms with Crippen molar-refractivity contribution in [3.63, 3.8) is 0 Å². The third-order valence-corrected chi connectivity index (χ3v) is 6.71. The van der Waals surface area contributed by atoms with Crippen LogP contribution in [0.25, 0.3) is 44.3 Å². The molecule has 1 saturated carbocycles. The van der Waals surface area contributed by atoms with Crippen LogP contribution in [0.4, 0.5) is 0 Å². The summed E-state index contributed by atoms with van der Waals surface area (Å²) in [6.07, 6.45) is 4.30. The standard InChI is InChI=1S/C28H28N2O2/c1-16-14-22(29-15-17(16)2)21-7-5-6-19-20-8-9-23-24(26(20)32-25(19)21)30-27(31-23)18-10-12-28(3,4)13-11-18/h5-9,14-15,18H,10-13H2,1-4H3/i1D3,2D3,18D. The fourth-order valence-corrected chi connectivity index (χ4v) is 4.64. The number of rotatable bonds is 2. The number of hydrogen-bond acceptors (Lipinski definition) is 4. The quantitative estimate of drug-likeness (QED) is 0.283. The van der Waals surface area contributed by atoms with Crippen molar-refractivity contribution in [1.29, 1.82) is 0 Å². The molecule has 1 aliphatic rings. The Labute approximate surface area is 197 Å². The van der Waals surface area contributed by atoms with Gasteiger partial charge in [0.25, 0.3) is 0 Å². The van der Waals surface area contributed by atoms with Crippen LogP contribution < -0.4 is 0 Å². The molecule has 4 heteroatoms. The van der Waals surface area contributed by atoms with E-state index in [-0.39, 0.29) is 16.5 Å². The van der Waals surface area contributed by atoms with Gasteiger partial charge in [-0.05, 0) is 80.2 Å². The fraction of sp³-hybridized carbons (Fsp3) is 0.357. The molecule has 1 aliphatic carbocycles. The zero-order chi connectivity index (χ0) is 28.0. The Bertz CT molecular complexity index is 1730. The molecule has 32 heavy (non-hydrogen) atoms. The summed E-state index contributed by atoms with van der Waals surface area (Å²) in [6.45, 7) is -0.797. The van der Waals surface area contributed by atoms with Crippen LogP contribution in [-0.2, 0) is 0 Å². The SMILES string of the molecule is [2H]C([2H])([2H])c1cnc(-c2cccc3c2oc2c3ccc3oc(C4([2H])CCC(C)(C)CC4)nc32)cc1C([2H])([2H])[2H]. The number of aromatic nitrogens is 2. The van der Waals surface area contributed by atoms with Gasteiger partial charge in [0.2, 0.25) is 0 Å². The van der Waals surface area contributed by atoms with Crippen molar-refractivity contribution in [3.8, 4) is 11.3 Å². The summed E-state index contributed by atoms with van der Waals surface area (Å²) in [5, 5.41) is 1.59. The van der Waals surface area contributed by atoms with Gasteiger partial charge in [-0.3, -0.25) is 4.98 Å². The van der Waals surface area contributed by atoms with E-state index in [2.05, 4.69) is 18.8 Å². The van der Waals surface area contributed by atoms with Crippen LogP contribution in [0.3, 0.4) is 0 Å². The van der Waals surface area contributed by atoms with Crippen LogP contribution in [0.2, 0.25) is 0 Å². The average Bonchev–Trinajstić information content (AvgIpc) is 3.46. The Morgan fingerprint density at radius 3 is 2.62 bits per heavy atom. The minimum absolute atomic E-state index is 0.202. The molecule has 5 aromatic rings. The smallest absolute Gasteiger partial charge is 0.198 e. The molecule has 1 fully saturated rings. The summed E-state index contributed by atoms with van der Waals surface area (Å²) in [5.41, 5.74) is 2.55. The van der Waals surface area contributed by atoms with E-state index < -0.39 is 19.6 Å². The minimum Gasteiger partial charge on any atom is -0.453 e. The second-order valence-corrected chi connectivity index (χ2v) is 9.48. The first kappa shape index (κ1) is 13.4. The van der Waals surface area contributed by atoms with E-state index >= 15 is 0 Å². The lowest BCUT2D eigenvalue weighted by Gasteiger charge is -2.32. The summed E-state index contributed by atoms with van der Waals surface area (Å²) in [4.78, 5) is 9.10. The van der Waals surface area contributed by atoms with Gasteiger partial charge >= 0.3 is 0 Å². The zero-order valence-electron chi connectivity index (χ0n) is 25.1. The average molecular weight is 432 g/mol. The highest BCUT2D eigenvalue weighted by Crippen LogP contribution is 2.44. The molecule has 3 heterocycles. The Morgan fingerprint density at radius 1 is 1.00 bits per heavy atom. The van der Waals surface area contributed by atoms with Crippen LogP contribution in [0.1, 0.15) is 72.0 Å². The normalized spacial score (nSPS) is 22.0. The van der Waals surface area contributed by atoms with Crippen molar-refractivity contribution >= 4 is 33.0 Å². The Hall–Kier alpha value is -3.14. The number of para-hydroxylation sites is 1. The van der Waals surface area contributed by atoms with Crippen molar-refractivity contribution < 1.29 is 18.4 Å². The summed E-state index contributed by atoms with van der Waals surface area (Å²) >= 11 is 0. The lowest BCUT2D eigenvalue weighted by atomic mass is 9.73. The molecule has 0 bridgehead atoms. The second-order valence-electron chi connectivity index (χ2n) is 9.48. The lowest BCUT2D eigenvalue weighted by molar-refractivity contribution is 0.211. The topological polar surface area (TPSA) is 52.1 Å². The number of benzene rings is 2. The Morgan fingerprint density at radius 2 is 1.81 bits per heavy atom. The van der Waals surface area contributed by atoms with Crippen LogP contribution >= 0.6 is 0 Å². The van der Waals surface area contributed by atoms with Crippen molar-refractivity contribution in [2.45, 2.75) is 59.1 Å². The van der Waals surface area contributed by atoms with Gasteiger partial charge in [-0.25, -0.2) is 4.98 Å². The number of fused-ring (bicyclic) bond motifs is 5. The summed E-state index contributed by atoms with van der Waals surface area (Å²) < 4.78 is 68.6. The van der Waals surface area contributed by atoms with E-state index in [9.17, 15) is 0 Å². The molecule has 162 valence electrons. The van der Waals surface area contributed by atoms with Crippen LogP contribution in [0, 0.1) is 19.1 Å². The predicted octanol–water partition coefficient (Wildman–Crippen LogP) is 8.09. The highest BCUT2D eigenvalue weighted by atomic mass is 16.4. The third-order valence-electron chi connectivity index (χ3n) is 6.71. The first-order chi connectivity index (χ1) is 18.2. The minimum atomic E-state index is -2.63. The third kappa shape index (κ3) is 3.04. The molecule has 0 atom stereocenters. The van der Waals surface area contributed by atoms with Gasteiger partial charge in [-0.2, -0.15) is 0 Å². The van der Waals surface area contributed by atoms with E-state index in [1.807, 2.05) is 24.3 Å². The molecule has 0 N–H and O–H groups in total. The molecular formula is C28H28N2O2. The molecule has 4 nitrogen and oxygen atoms in total. The fourth-order valence-electron chi connectivity index (χ4n) is 4.64. The van der Waals surface area contributed by atoms with Gasteiger partial charge in [0.1, 0.15) is 5.58 Å². The molecule has 0 saturated heterocycles. The highest BCUT2D eigenvalue weighted by molar-refractivity contribution is 6.15. The molecule has 0 radical (unpaired) electrons. The first-order valence-corrected chi connectivity index (χ1v) is 10.9. The molecule has 0 amide bonds. The molecule has 3 aromatic heterocycles. The van der Waals surface area contributed by atoms with Gasteiger partial charge in [-0.1, -0.05) is 26.0 Å². The van der Waals surface area contributed by atoms with Gasteiger partial charge in [0, 0.05) is 38.0 Å². The summed E-state index contributed by atoms with van der Waals surface area (Å²) in [6, 6.07) is 10.5. The van der Waals surface area contributed by atoms with E-state index in [0.717, 1.165) is 29.8 Å². The Balaban J connectivity index is 1.51. The second kappa shape index (κ2) is 6.93. The van der Waals surface area contributed by atoms with Crippen molar-refractivity contribution in [3.05, 3.63) is 59.6 Å². The van der Waals surface area contributed by atoms with Crippen molar-refractivity contribution in [1.82, 2.24) is 9.97 Å². The molecule has 0 aliphatic heterocycles. The van der Waals surface area contributed by atoms with Gasteiger partial charge in [0.15, 0.2) is 22.6 Å².